The molecule has 0 unspecified atom stereocenters. The lowest BCUT2D eigenvalue weighted by atomic mass is 9.95. The zero-order chi connectivity index (χ0) is 15.6. The van der Waals surface area contributed by atoms with Gasteiger partial charge in [0, 0.05) is 24.0 Å². The van der Waals surface area contributed by atoms with Crippen LogP contribution in [0.2, 0.25) is 0 Å². The summed E-state index contributed by atoms with van der Waals surface area (Å²) in [7, 11) is 0. The van der Waals surface area contributed by atoms with Gasteiger partial charge in [-0.2, -0.15) is 0 Å². The average molecular weight is 306 g/mol. The quantitative estimate of drug-likeness (QED) is 0.777. The van der Waals surface area contributed by atoms with E-state index >= 15 is 0 Å². The molecule has 0 atom stereocenters. The van der Waals surface area contributed by atoms with Crippen molar-refractivity contribution >= 4 is 11.5 Å². The molecule has 1 aromatic carbocycles. The maximum atomic E-state index is 4.85. The normalized spacial score (nSPS) is 15.9. The lowest BCUT2D eigenvalue weighted by molar-refractivity contribution is 0.461. The third-order valence-corrected chi connectivity index (χ3v) is 4.78. The van der Waals surface area contributed by atoms with Gasteiger partial charge < -0.3 is 5.32 Å². The first kappa shape index (κ1) is 14.2. The van der Waals surface area contributed by atoms with Gasteiger partial charge in [0.2, 0.25) is 0 Å². The van der Waals surface area contributed by atoms with Crippen LogP contribution in [0.1, 0.15) is 37.7 Å². The second-order valence-electron chi connectivity index (χ2n) is 6.41. The van der Waals surface area contributed by atoms with Crippen LogP contribution < -0.4 is 5.32 Å². The lowest BCUT2D eigenvalue weighted by Crippen LogP contribution is -2.23. The molecule has 1 aliphatic carbocycles. The first-order valence-corrected chi connectivity index (χ1v) is 8.47. The van der Waals surface area contributed by atoms with Crippen molar-refractivity contribution < 1.29 is 0 Å². The molecule has 1 aliphatic rings. The van der Waals surface area contributed by atoms with E-state index in [2.05, 4.69) is 45.9 Å². The van der Waals surface area contributed by atoms with Crippen LogP contribution in [-0.4, -0.2) is 20.4 Å². The van der Waals surface area contributed by atoms with E-state index in [1.165, 1.54) is 43.2 Å². The zero-order valence-corrected chi connectivity index (χ0v) is 13.5. The first-order valence-electron chi connectivity index (χ1n) is 8.47. The Kier molecular flexibility index (Phi) is 3.74. The minimum atomic E-state index is 0.541. The summed E-state index contributed by atoms with van der Waals surface area (Å²) in [5.74, 6) is 1.10. The number of fused-ring (bicyclic) bond motifs is 1. The summed E-state index contributed by atoms with van der Waals surface area (Å²) in [6.07, 6.45) is 12.1. The number of nitrogens with zero attached hydrogens (tertiary/aromatic N) is 3. The van der Waals surface area contributed by atoms with E-state index < -0.39 is 0 Å². The van der Waals surface area contributed by atoms with E-state index in [9.17, 15) is 0 Å². The predicted octanol–water partition coefficient (Wildman–Crippen LogP) is 4.45. The molecule has 0 amide bonds. The van der Waals surface area contributed by atoms with Gasteiger partial charge in [-0.3, -0.25) is 9.38 Å². The molecule has 1 N–H and O–H groups in total. The number of nitrogens with one attached hydrogen (secondary N) is 1. The predicted molar refractivity (Wildman–Crippen MR) is 93.7 cm³/mol. The zero-order valence-electron chi connectivity index (χ0n) is 13.5. The highest BCUT2D eigenvalue weighted by atomic mass is 15.2. The van der Waals surface area contributed by atoms with Crippen LogP contribution in [0.5, 0.6) is 0 Å². The van der Waals surface area contributed by atoms with Gasteiger partial charge in [-0.15, -0.1) is 0 Å². The van der Waals surface area contributed by atoms with Crippen molar-refractivity contribution in [3.05, 3.63) is 48.4 Å². The Balaban J connectivity index is 1.83. The fourth-order valence-corrected chi connectivity index (χ4v) is 3.51. The summed E-state index contributed by atoms with van der Waals surface area (Å²) in [4.78, 5) is 9.07. The van der Waals surface area contributed by atoms with Gasteiger partial charge in [0.1, 0.15) is 11.5 Å². The smallest absolute Gasteiger partial charge is 0.157 e. The number of aromatic nitrogens is 3. The third-order valence-electron chi connectivity index (χ3n) is 4.78. The highest BCUT2D eigenvalue weighted by molar-refractivity contribution is 5.78. The first-order chi connectivity index (χ1) is 11.3. The van der Waals surface area contributed by atoms with E-state index in [-0.39, 0.29) is 0 Å². The van der Waals surface area contributed by atoms with E-state index in [4.69, 9.17) is 4.98 Å². The van der Waals surface area contributed by atoms with Crippen LogP contribution in [0.25, 0.3) is 16.9 Å². The van der Waals surface area contributed by atoms with Crippen LogP contribution in [0.15, 0.2) is 42.9 Å². The van der Waals surface area contributed by atoms with E-state index in [0.29, 0.717) is 6.04 Å². The van der Waals surface area contributed by atoms with Crippen LogP contribution >= 0.6 is 0 Å². The molecule has 0 spiro atoms. The fraction of sp³-hybridized carbons (Fsp3) is 0.368. The molecule has 0 saturated heterocycles. The van der Waals surface area contributed by atoms with Gasteiger partial charge in [-0.1, -0.05) is 43.5 Å². The van der Waals surface area contributed by atoms with Gasteiger partial charge in [0.15, 0.2) is 5.65 Å². The summed E-state index contributed by atoms with van der Waals surface area (Å²) < 4.78 is 2.13. The molecule has 4 nitrogen and oxygen atoms in total. The average Bonchev–Trinajstić information content (AvgIpc) is 2.95. The number of aryl methyl sites for hydroxylation is 1. The van der Waals surface area contributed by atoms with Crippen LogP contribution in [-0.2, 0) is 0 Å². The van der Waals surface area contributed by atoms with E-state index in [1.807, 2.05) is 18.6 Å². The molecule has 3 aromatic rings. The summed E-state index contributed by atoms with van der Waals surface area (Å²) in [5.41, 5.74) is 4.36. The monoisotopic (exact) mass is 306 g/mol. The Labute approximate surface area is 136 Å². The molecule has 2 aromatic heterocycles. The Hall–Kier alpha value is -2.36. The summed E-state index contributed by atoms with van der Waals surface area (Å²) in [5, 5.41) is 3.77. The van der Waals surface area contributed by atoms with E-state index in [1.54, 1.807) is 0 Å². The van der Waals surface area contributed by atoms with Gasteiger partial charge in [0.25, 0.3) is 0 Å². The van der Waals surface area contributed by atoms with Crippen LogP contribution in [0, 0.1) is 6.92 Å². The maximum absolute atomic E-state index is 4.85. The molecule has 0 bridgehead atoms. The fourth-order valence-electron chi connectivity index (χ4n) is 3.51. The summed E-state index contributed by atoms with van der Waals surface area (Å²) >= 11 is 0. The molecule has 2 heterocycles. The second-order valence-corrected chi connectivity index (χ2v) is 6.41. The van der Waals surface area contributed by atoms with Gasteiger partial charge in [-0.25, -0.2) is 4.98 Å². The second kappa shape index (κ2) is 6.03. The molecule has 1 saturated carbocycles. The van der Waals surface area contributed by atoms with Crippen molar-refractivity contribution in [1.82, 2.24) is 14.4 Å². The van der Waals surface area contributed by atoms with Gasteiger partial charge in [0.05, 0.1) is 6.20 Å². The van der Waals surface area contributed by atoms with Gasteiger partial charge >= 0.3 is 0 Å². The van der Waals surface area contributed by atoms with Gasteiger partial charge in [-0.05, 0) is 25.3 Å². The van der Waals surface area contributed by atoms with Crippen molar-refractivity contribution in [2.24, 2.45) is 0 Å². The molecular weight excluding hydrogens is 284 g/mol. The van der Waals surface area contributed by atoms with Crippen LogP contribution in [0.3, 0.4) is 0 Å². The molecule has 4 rings (SSSR count). The molecular formula is C19H22N4. The Morgan fingerprint density at radius 3 is 2.78 bits per heavy atom. The third kappa shape index (κ3) is 2.69. The van der Waals surface area contributed by atoms with Crippen molar-refractivity contribution in [2.45, 2.75) is 45.1 Å². The Morgan fingerprint density at radius 1 is 1.13 bits per heavy atom. The Bertz CT molecular complexity index is 815. The van der Waals surface area contributed by atoms with Crippen molar-refractivity contribution in [1.29, 1.82) is 0 Å². The standard InChI is InChI=1S/C19H22N4/c1-14-7-5-6-10-16(14)18-19(21-15-8-3-2-4-9-15)23-12-11-20-13-17(23)22-18/h5-7,10-13,15,21H,2-4,8-9H2,1H3. The highest BCUT2D eigenvalue weighted by Crippen LogP contribution is 2.32. The number of rotatable bonds is 3. The topological polar surface area (TPSA) is 42.2 Å². The van der Waals surface area contributed by atoms with E-state index in [0.717, 1.165) is 17.2 Å². The lowest BCUT2D eigenvalue weighted by Gasteiger charge is -2.24. The summed E-state index contributed by atoms with van der Waals surface area (Å²) in [6.45, 7) is 2.14. The molecule has 118 valence electrons. The number of imidazole rings is 1. The van der Waals surface area contributed by atoms with Crippen LogP contribution in [0.4, 0.5) is 5.82 Å². The molecule has 0 aliphatic heterocycles. The molecule has 4 heteroatoms. The largest absolute Gasteiger partial charge is 0.367 e. The van der Waals surface area contributed by atoms with Crippen molar-refractivity contribution in [3.8, 4) is 11.3 Å². The van der Waals surface area contributed by atoms with Crippen molar-refractivity contribution in [2.75, 3.05) is 5.32 Å². The number of hydrogen-bond donors (Lipinski definition) is 1. The minimum absolute atomic E-state index is 0.541. The molecule has 0 radical (unpaired) electrons. The number of hydrogen-bond acceptors (Lipinski definition) is 3. The number of anilines is 1. The molecule has 23 heavy (non-hydrogen) atoms. The highest BCUT2D eigenvalue weighted by Gasteiger charge is 2.20. The SMILES string of the molecule is Cc1ccccc1-c1nc2cnccn2c1NC1CCCCC1. The minimum Gasteiger partial charge on any atom is -0.367 e. The summed E-state index contributed by atoms with van der Waals surface area (Å²) in [6, 6.07) is 8.98. The maximum Gasteiger partial charge on any atom is 0.157 e. The Morgan fingerprint density at radius 2 is 1.96 bits per heavy atom. The number of benzene rings is 1. The molecule has 1 fully saturated rings. The van der Waals surface area contributed by atoms with Crippen molar-refractivity contribution in [3.63, 3.8) is 0 Å².